The van der Waals surface area contributed by atoms with Crippen molar-refractivity contribution in [3.8, 4) is 0 Å². The second-order valence-corrected chi connectivity index (χ2v) is 4.79. The van der Waals surface area contributed by atoms with Crippen molar-refractivity contribution in [1.82, 2.24) is 4.90 Å². The van der Waals surface area contributed by atoms with Crippen molar-refractivity contribution in [2.24, 2.45) is 5.41 Å². The normalized spacial score (nSPS) is 13.1. The molecule has 0 aromatic heterocycles. The second kappa shape index (κ2) is 5.72. The number of nitrogens with zero attached hydrogens (tertiary/aromatic N) is 1. The van der Waals surface area contributed by atoms with Crippen molar-refractivity contribution in [2.75, 3.05) is 13.7 Å². The molecule has 0 aliphatic carbocycles. The predicted octanol–water partition coefficient (Wildman–Crippen LogP) is 1.96. The SMILES string of the molecule is CCOC(=O)N(C)C(CC(=O)O)C(C)(C)C. The Morgan fingerprint density at radius 2 is 1.88 bits per heavy atom. The van der Waals surface area contributed by atoms with Crippen LogP contribution in [-0.2, 0) is 9.53 Å². The summed E-state index contributed by atoms with van der Waals surface area (Å²) in [6, 6.07) is -0.385. The molecule has 0 rings (SSSR count). The third-order valence-corrected chi connectivity index (χ3v) is 2.39. The molecule has 0 spiro atoms. The van der Waals surface area contributed by atoms with Crippen LogP contribution in [0.5, 0.6) is 0 Å². The summed E-state index contributed by atoms with van der Waals surface area (Å²) in [6.45, 7) is 7.70. The average molecular weight is 231 g/mol. The summed E-state index contributed by atoms with van der Waals surface area (Å²) in [5.41, 5.74) is -0.306. The standard InChI is InChI=1S/C11H21NO4/c1-6-16-10(15)12(5)8(7-9(13)14)11(2,3)4/h8H,6-7H2,1-5H3,(H,13,14). The molecule has 0 radical (unpaired) electrons. The Morgan fingerprint density at radius 3 is 2.19 bits per heavy atom. The first-order chi connectivity index (χ1) is 7.20. The molecule has 16 heavy (non-hydrogen) atoms. The van der Waals surface area contributed by atoms with Crippen LogP contribution in [0.2, 0.25) is 0 Å². The van der Waals surface area contributed by atoms with Gasteiger partial charge in [0.25, 0.3) is 0 Å². The van der Waals surface area contributed by atoms with Crippen LogP contribution < -0.4 is 0 Å². The van der Waals surface area contributed by atoms with Gasteiger partial charge in [0, 0.05) is 13.1 Å². The van der Waals surface area contributed by atoms with Gasteiger partial charge in [0.2, 0.25) is 0 Å². The molecular formula is C11H21NO4. The fourth-order valence-electron chi connectivity index (χ4n) is 1.54. The zero-order valence-corrected chi connectivity index (χ0v) is 10.6. The Hall–Kier alpha value is -1.26. The van der Waals surface area contributed by atoms with Crippen LogP contribution >= 0.6 is 0 Å². The fourth-order valence-corrected chi connectivity index (χ4v) is 1.54. The van der Waals surface area contributed by atoms with E-state index in [1.165, 1.54) is 4.90 Å². The van der Waals surface area contributed by atoms with Gasteiger partial charge in [-0.05, 0) is 12.3 Å². The van der Waals surface area contributed by atoms with Gasteiger partial charge in [-0.2, -0.15) is 0 Å². The number of hydrogen-bond acceptors (Lipinski definition) is 3. The first kappa shape index (κ1) is 14.7. The van der Waals surface area contributed by atoms with Gasteiger partial charge in [-0.3, -0.25) is 4.79 Å². The van der Waals surface area contributed by atoms with E-state index in [0.717, 1.165) is 0 Å². The van der Waals surface area contributed by atoms with Gasteiger partial charge in [-0.1, -0.05) is 20.8 Å². The van der Waals surface area contributed by atoms with Gasteiger partial charge < -0.3 is 14.7 Å². The Labute approximate surface area is 96.4 Å². The van der Waals surface area contributed by atoms with E-state index < -0.39 is 12.1 Å². The number of carboxylic acids is 1. The molecule has 5 nitrogen and oxygen atoms in total. The molecule has 0 aromatic rings. The number of rotatable bonds is 4. The van der Waals surface area contributed by atoms with E-state index in [1.54, 1.807) is 14.0 Å². The fraction of sp³-hybridized carbons (Fsp3) is 0.818. The number of ether oxygens (including phenoxy) is 1. The van der Waals surface area contributed by atoms with Crippen molar-refractivity contribution in [3.05, 3.63) is 0 Å². The summed E-state index contributed by atoms with van der Waals surface area (Å²) in [7, 11) is 1.57. The number of carboxylic acid groups (broad SMARTS) is 1. The van der Waals surface area contributed by atoms with Crippen molar-refractivity contribution < 1.29 is 19.4 Å². The van der Waals surface area contributed by atoms with Crippen LogP contribution in [0.25, 0.3) is 0 Å². The van der Waals surface area contributed by atoms with Gasteiger partial charge in [0.1, 0.15) is 0 Å². The summed E-state index contributed by atoms with van der Waals surface area (Å²) < 4.78 is 4.86. The molecule has 0 aromatic carbocycles. The summed E-state index contributed by atoms with van der Waals surface area (Å²) in [5.74, 6) is -0.920. The van der Waals surface area contributed by atoms with E-state index in [4.69, 9.17) is 9.84 Å². The average Bonchev–Trinajstić information content (AvgIpc) is 2.11. The maximum Gasteiger partial charge on any atom is 0.409 e. The minimum Gasteiger partial charge on any atom is -0.481 e. The molecular weight excluding hydrogens is 210 g/mol. The van der Waals surface area contributed by atoms with Crippen molar-refractivity contribution in [3.63, 3.8) is 0 Å². The lowest BCUT2D eigenvalue weighted by molar-refractivity contribution is -0.139. The molecule has 0 bridgehead atoms. The molecule has 94 valence electrons. The van der Waals surface area contributed by atoms with Crippen LogP contribution in [0.3, 0.4) is 0 Å². The van der Waals surface area contributed by atoms with E-state index in [-0.39, 0.29) is 24.5 Å². The van der Waals surface area contributed by atoms with Crippen molar-refractivity contribution in [1.29, 1.82) is 0 Å². The lowest BCUT2D eigenvalue weighted by Crippen LogP contribution is -2.46. The third-order valence-electron chi connectivity index (χ3n) is 2.39. The molecule has 0 saturated heterocycles. The number of amides is 1. The van der Waals surface area contributed by atoms with E-state index in [1.807, 2.05) is 20.8 Å². The lowest BCUT2D eigenvalue weighted by atomic mass is 9.84. The van der Waals surface area contributed by atoms with Crippen LogP contribution in [0, 0.1) is 5.41 Å². The maximum absolute atomic E-state index is 11.5. The number of aliphatic carboxylic acids is 1. The van der Waals surface area contributed by atoms with Gasteiger partial charge in [0.05, 0.1) is 13.0 Å². The van der Waals surface area contributed by atoms with Crippen LogP contribution in [0.1, 0.15) is 34.1 Å². The van der Waals surface area contributed by atoms with Gasteiger partial charge in [-0.25, -0.2) is 4.79 Å². The van der Waals surface area contributed by atoms with Gasteiger partial charge in [0.15, 0.2) is 0 Å². The molecule has 0 fully saturated rings. The minimum absolute atomic E-state index is 0.0845. The molecule has 0 aliphatic heterocycles. The quantitative estimate of drug-likeness (QED) is 0.803. The highest BCUT2D eigenvalue weighted by Crippen LogP contribution is 2.26. The Bertz CT molecular complexity index is 257. The largest absolute Gasteiger partial charge is 0.481 e. The Morgan fingerprint density at radius 1 is 1.38 bits per heavy atom. The first-order valence-electron chi connectivity index (χ1n) is 5.31. The highest BCUT2D eigenvalue weighted by molar-refractivity contribution is 5.71. The zero-order chi connectivity index (χ0) is 12.9. The van der Waals surface area contributed by atoms with E-state index >= 15 is 0 Å². The highest BCUT2D eigenvalue weighted by Gasteiger charge is 2.33. The van der Waals surface area contributed by atoms with E-state index in [9.17, 15) is 9.59 Å². The molecule has 1 amide bonds. The molecule has 1 unspecified atom stereocenters. The van der Waals surface area contributed by atoms with Crippen molar-refractivity contribution in [2.45, 2.75) is 40.2 Å². The topological polar surface area (TPSA) is 66.8 Å². The van der Waals surface area contributed by atoms with Crippen LogP contribution in [-0.4, -0.2) is 41.8 Å². The number of hydrogen-bond donors (Lipinski definition) is 1. The van der Waals surface area contributed by atoms with Crippen LogP contribution in [0.4, 0.5) is 4.79 Å². The summed E-state index contributed by atoms with van der Waals surface area (Å²) in [5, 5.41) is 8.83. The van der Waals surface area contributed by atoms with Gasteiger partial charge in [-0.15, -0.1) is 0 Å². The van der Waals surface area contributed by atoms with E-state index in [2.05, 4.69) is 0 Å². The first-order valence-corrected chi connectivity index (χ1v) is 5.31. The summed E-state index contributed by atoms with van der Waals surface area (Å²) in [4.78, 5) is 23.6. The predicted molar refractivity (Wildman–Crippen MR) is 60.3 cm³/mol. The lowest BCUT2D eigenvalue weighted by Gasteiger charge is -2.36. The second-order valence-electron chi connectivity index (χ2n) is 4.79. The number of carbonyl (C=O) groups is 2. The Balaban J connectivity index is 4.75. The number of carbonyl (C=O) groups excluding carboxylic acids is 1. The smallest absolute Gasteiger partial charge is 0.409 e. The van der Waals surface area contributed by atoms with Gasteiger partial charge >= 0.3 is 12.1 Å². The Kier molecular flexibility index (Phi) is 5.27. The molecule has 1 N–H and O–H groups in total. The summed E-state index contributed by atoms with van der Waals surface area (Å²) in [6.07, 6.45) is -0.567. The minimum atomic E-state index is -0.920. The molecule has 0 aliphatic rings. The highest BCUT2D eigenvalue weighted by atomic mass is 16.6. The monoisotopic (exact) mass is 231 g/mol. The summed E-state index contributed by atoms with van der Waals surface area (Å²) >= 11 is 0. The maximum atomic E-state index is 11.5. The van der Waals surface area contributed by atoms with E-state index in [0.29, 0.717) is 0 Å². The molecule has 0 saturated carbocycles. The third kappa shape index (κ3) is 4.51. The zero-order valence-electron chi connectivity index (χ0n) is 10.6. The van der Waals surface area contributed by atoms with Crippen LogP contribution in [0.15, 0.2) is 0 Å². The molecule has 0 heterocycles. The van der Waals surface area contributed by atoms with Crippen molar-refractivity contribution >= 4 is 12.1 Å². The molecule has 1 atom stereocenters. The molecule has 5 heteroatoms.